The predicted octanol–water partition coefficient (Wildman–Crippen LogP) is 1.87. The first-order chi connectivity index (χ1) is 14.9. The van der Waals surface area contributed by atoms with Crippen LogP contribution in [0.4, 0.5) is 0 Å². The number of benzene rings is 2. The zero-order valence-corrected chi connectivity index (χ0v) is 16.7. The van der Waals surface area contributed by atoms with Crippen molar-refractivity contribution < 1.29 is 29.3 Å². The van der Waals surface area contributed by atoms with Crippen molar-refractivity contribution in [2.75, 3.05) is 19.8 Å². The molecule has 1 fully saturated rings. The molecule has 0 aromatic heterocycles. The van der Waals surface area contributed by atoms with E-state index in [2.05, 4.69) is 5.32 Å². The fourth-order valence-electron chi connectivity index (χ4n) is 3.89. The Bertz CT molecular complexity index is 1040. The summed E-state index contributed by atoms with van der Waals surface area (Å²) in [5.41, 5.74) is 1.86. The van der Waals surface area contributed by atoms with E-state index in [9.17, 15) is 19.5 Å². The summed E-state index contributed by atoms with van der Waals surface area (Å²) < 4.78 is 5.33. The Kier molecular flexibility index (Phi) is 5.48. The topological polar surface area (TPSA) is 116 Å². The van der Waals surface area contributed by atoms with Gasteiger partial charge in [0.2, 0.25) is 0 Å². The molecule has 4 rings (SSSR count). The van der Waals surface area contributed by atoms with Gasteiger partial charge in [0.15, 0.2) is 0 Å². The summed E-state index contributed by atoms with van der Waals surface area (Å²) >= 11 is 0. The Morgan fingerprint density at radius 3 is 2.26 bits per heavy atom. The van der Waals surface area contributed by atoms with E-state index in [-0.39, 0.29) is 31.9 Å². The molecule has 0 aliphatic carbocycles. The molecule has 2 amide bonds. The van der Waals surface area contributed by atoms with Crippen molar-refractivity contribution in [1.82, 2.24) is 10.2 Å². The molecule has 8 nitrogen and oxygen atoms in total. The average Bonchev–Trinajstić information content (AvgIpc) is 2.74. The van der Waals surface area contributed by atoms with Crippen LogP contribution in [0.25, 0.3) is 11.1 Å². The molecule has 2 heterocycles. The summed E-state index contributed by atoms with van der Waals surface area (Å²) in [7, 11) is 0. The molecule has 3 N–H and O–H groups in total. The van der Waals surface area contributed by atoms with Crippen LogP contribution in [0.2, 0.25) is 0 Å². The minimum Gasteiger partial charge on any atom is -0.511 e. The highest BCUT2D eigenvalue weighted by molar-refractivity contribution is 6.19. The monoisotopic (exact) mass is 422 g/mol. The molecule has 1 spiro atoms. The SMILES string of the molecule is O=C(O)CNC(=O)C1=C(O)CC2(COC2)N(Cc2ccc(-c3ccccc3)cc2)C1=O. The second kappa shape index (κ2) is 8.23. The fraction of sp³-hybridized carbons (Fsp3) is 0.261. The normalized spacial score (nSPS) is 17.4. The van der Waals surface area contributed by atoms with E-state index >= 15 is 0 Å². The first-order valence-electron chi connectivity index (χ1n) is 9.86. The van der Waals surface area contributed by atoms with Crippen LogP contribution in [0.1, 0.15) is 12.0 Å². The van der Waals surface area contributed by atoms with Crippen LogP contribution in [0.5, 0.6) is 0 Å². The van der Waals surface area contributed by atoms with Gasteiger partial charge in [-0.15, -0.1) is 0 Å². The van der Waals surface area contributed by atoms with Crippen LogP contribution in [0.3, 0.4) is 0 Å². The third-order valence-electron chi connectivity index (χ3n) is 5.59. The van der Waals surface area contributed by atoms with Crippen LogP contribution in [-0.2, 0) is 25.7 Å². The number of aliphatic hydroxyl groups is 1. The minimum atomic E-state index is -1.24. The number of ether oxygens (including phenoxy) is 1. The third-order valence-corrected chi connectivity index (χ3v) is 5.59. The number of nitrogens with zero attached hydrogens (tertiary/aromatic N) is 1. The predicted molar refractivity (Wildman–Crippen MR) is 111 cm³/mol. The minimum absolute atomic E-state index is 0.0800. The van der Waals surface area contributed by atoms with Crippen LogP contribution in [0, 0.1) is 0 Å². The lowest BCUT2D eigenvalue weighted by Gasteiger charge is -2.51. The number of carbonyl (C=O) groups is 3. The second-order valence-electron chi connectivity index (χ2n) is 7.75. The highest BCUT2D eigenvalue weighted by Gasteiger charge is 2.52. The molecule has 2 aliphatic heterocycles. The quantitative estimate of drug-likeness (QED) is 0.612. The molecular weight excluding hydrogens is 400 g/mol. The number of aliphatic hydroxyl groups excluding tert-OH is 1. The molecule has 160 valence electrons. The van der Waals surface area contributed by atoms with Gasteiger partial charge in [0, 0.05) is 13.0 Å². The molecule has 0 bridgehead atoms. The Balaban J connectivity index is 1.57. The number of carboxylic acids is 1. The van der Waals surface area contributed by atoms with Gasteiger partial charge < -0.3 is 25.2 Å². The van der Waals surface area contributed by atoms with E-state index in [4.69, 9.17) is 9.84 Å². The Hall–Kier alpha value is -3.65. The Labute approximate surface area is 178 Å². The number of hydrogen-bond donors (Lipinski definition) is 3. The maximum atomic E-state index is 13.2. The molecule has 1 saturated heterocycles. The molecular formula is C23H22N2O6. The highest BCUT2D eigenvalue weighted by atomic mass is 16.5. The van der Waals surface area contributed by atoms with Crippen molar-refractivity contribution in [3.05, 3.63) is 71.5 Å². The lowest BCUT2D eigenvalue weighted by Crippen LogP contribution is -2.66. The van der Waals surface area contributed by atoms with Crippen LogP contribution < -0.4 is 5.32 Å². The van der Waals surface area contributed by atoms with Crippen LogP contribution in [0.15, 0.2) is 65.9 Å². The summed E-state index contributed by atoms with van der Waals surface area (Å²) in [4.78, 5) is 37.8. The molecule has 0 radical (unpaired) electrons. The molecule has 0 atom stereocenters. The lowest BCUT2D eigenvalue weighted by molar-refractivity contribution is -0.172. The van der Waals surface area contributed by atoms with Crippen molar-refractivity contribution in [3.63, 3.8) is 0 Å². The number of rotatable bonds is 6. The van der Waals surface area contributed by atoms with Gasteiger partial charge in [0.1, 0.15) is 17.9 Å². The van der Waals surface area contributed by atoms with Gasteiger partial charge in [-0.25, -0.2) is 0 Å². The molecule has 2 aliphatic rings. The van der Waals surface area contributed by atoms with Gasteiger partial charge in [0.05, 0.1) is 18.8 Å². The number of hydrogen-bond acceptors (Lipinski definition) is 5. The number of aliphatic carboxylic acids is 1. The van der Waals surface area contributed by atoms with E-state index in [0.29, 0.717) is 0 Å². The second-order valence-corrected chi connectivity index (χ2v) is 7.75. The zero-order valence-electron chi connectivity index (χ0n) is 16.7. The van der Waals surface area contributed by atoms with Crippen molar-refractivity contribution in [3.8, 4) is 11.1 Å². The molecule has 0 unspecified atom stereocenters. The van der Waals surface area contributed by atoms with Gasteiger partial charge in [-0.2, -0.15) is 0 Å². The Morgan fingerprint density at radius 2 is 1.68 bits per heavy atom. The van der Waals surface area contributed by atoms with E-state index < -0.39 is 35.4 Å². The molecule has 2 aromatic rings. The van der Waals surface area contributed by atoms with Crippen molar-refractivity contribution in [2.24, 2.45) is 0 Å². The number of carbonyl (C=O) groups excluding carboxylic acids is 2. The maximum Gasteiger partial charge on any atom is 0.322 e. The largest absolute Gasteiger partial charge is 0.511 e. The summed E-state index contributed by atoms with van der Waals surface area (Å²) in [6, 6.07) is 17.7. The zero-order chi connectivity index (χ0) is 22.0. The third kappa shape index (κ3) is 4.02. The van der Waals surface area contributed by atoms with E-state index in [1.165, 1.54) is 0 Å². The van der Waals surface area contributed by atoms with Gasteiger partial charge in [-0.3, -0.25) is 14.4 Å². The fourth-order valence-corrected chi connectivity index (χ4v) is 3.89. The maximum absolute atomic E-state index is 13.2. The molecule has 8 heteroatoms. The van der Waals surface area contributed by atoms with Crippen LogP contribution >= 0.6 is 0 Å². The standard InChI is InChI=1S/C23H22N2O6/c26-18-10-23(13-31-14-23)25(22(30)20(18)21(29)24-11-19(27)28)12-15-6-8-17(9-7-15)16-4-2-1-3-5-16/h1-9,26H,10-14H2,(H,24,29)(H,27,28). The first-order valence-corrected chi connectivity index (χ1v) is 9.86. The van der Waals surface area contributed by atoms with E-state index in [0.717, 1.165) is 16.7 Å². The smallest absolute Gasteiger partial charge is 0.322 e. The summed E-state index contributed by atoms with van der Waals surface area (Å²) in [6.07, 6.45) is 0.0800. The molecule has 2 aromatic carbocycles. The Morgan fingerprint density at radius 1 is 1.03 bits per heavy atom. The number of carboxylic acid groups (broad SMARTS) is 1. The van der Waals surface area contributed by atoms with Crippen LogP contribution in [-0.4, -0.2) is 58.2 Å². The van der Waals surface area contributed by atoms with Crippen molar-refractivity contribution >= 4 is 17.8 Å². The van der Waals surface area contributed by atoms with Gasteiger partial charge in [-0.1, -0.05) is 54.6 Å². The number of nitrogens with one attached hydrogen (secondary N) is 1. The van der Waals surface area contributed by atoms with Gasteiger partial charge in [-0.05, 0) is 16.7 Å². The molecule has 0 saturated carbocycles. The summed E-state index contributed by atoms with van der Waals surface area (Å²) in [5, 5.41) is 21.3. The summed E-state index contributed by atoms with van der Waals surface area (Å²) in [6.45, 7) is 0.113. The lowest BCUT2D eigenvalue weighted by atomic mass is 9.83. The molecule has 31 heavy (non-hydrogen) atoms. The van der Waals surface area contributed by atoms with Crippen molar-refractivity contribution in [2.45, 2.75) is 18.5 Å². The average molecular weight is 422 g/mol. The van der Waals surface area contributed by atoms with Gasteiger partial charge in [0.25, 0.3) is 11.8 Å². The van der Waals surface area contributed by atoms with E-state index in [1.807, 2.05) is 54.6 Å². The number of amides is 2. The first kappa shape index (κ1) is 20.6. The highest BCUT2D eigenvalue weighted by Crippen LogP contribution is 2.38. The van der Waals surface area contributed by atoms with Crippen molar-refractivity contribution in [1.29, 1.82) is 0 Å². The van der Waals surface area contributed by atoms with Gasteiger partial charge >= 0.3 is 5.97 Å². The summed E-state index contributed by atoms with van der Waals surface area (Å²) in [5.74, 6) is -3.12. The van der Waals surface area contributed by atoms with E-state index in [1.54, 1.807) is 4.90 Å².